The number of aromatic nitrogens is 4. The van der Waals surface area contributed by atoms with Crippen molar-refractivity contribution in [2.45, 2.75) is 38.0 Å². The Kier molecular flexibility index (Phi) is 4.26. The summed E-state index contributed by atoms with van der Waals surface area (Å²) in [5, 5.41) is 24.4. The summed E-state index contributed by atoms with van der Waals surface area (Å²) in [5.41, 5.74) is 1.82. The van der Waals surface area contributed by atoms with E-state index in [-0.39, 0.29) is 23.7 Å². The molecule has 2 aromatic heterocycles. The van der Waals surface area contributed by atoms with Gasteiger partial charge in [0.25, 0.3) is 5.91 Å². The summed E-state index contributed by atoms with van der Waals surface area (Å²) >= 11 is 0. The van der Waals surface area contributed by atoms with Gasteiger partial charge in [-0.05, 0) is 19.8 Å². The second-order valence-corrected chi connectivity index (χ2v) is 6.52. The number of hydrogen-bond donors (Lipinski definition) is 2. The van der Waals surface area contributed by atoms with E-state index in [1.54, 1.807) is 23.9 Å². The van der Waals surface area contributed by atoms with Crippen LogP contribution < -0.4 is 5.32 Å². The number of aliphatic hydroxyl groups is 1. The summed E-state index contributed by atoms with van der Waals surface area (Å²) in [5.74, 6) is 0.306. The molecule has 0 bridgehead atoms. The van der Waals surface area contributed by atoms with E-state index in [4.69, 9.17) is 4.52 Å². The lowest BCUT2D eigenvalue weighted by molar-refractivity contribution is 0.0870. The van der Waals surface area contributed by atoms with Crippen LogP contribution in [0.25, 0.3) is 11.3 Å². The third-order valence-corrected chi connectivity index (χ3v) is 4.63. The van der Waals surface area contributed by atoms with E-state index in [2.05, 4.69) is 20.8 Å². The molecule has 3 aromatic rings. The Hall–Kier alpha value is -3.00. The van der Waals surface area contributed by atoms with Gasteiger partial charge in [-0.15, -0.1) is 5.10 Å². The molecular weight excluding hydrogens is 334 g/mol. The number of benzene rings is 1. The van der Waals surface area contributed by atoms with Crippen LogP contribution in [0, 0.1) is 0 Å². The molecule has 8 nitrogen and oxygen atoms in total. The summed E-state index contributed by atoms with van der Waals surface area (Å²) < 4.78 is 7.00. The summed E-state index contributed by atoms with van der Waals surface area (Å²) in [6, 6.07) is 11.3. The molecule has 2 N–H and O–H groups in total. The number of rotatable bonds is 5. The Morgan fingerprint density at radius 1 is 1.35 bits per heavy atom. The predicted molar refractivity (Wildman–Crippen MR) is 92.1 cm³/mol. The third-order valence-electron chi connectivity index (χ3n) is 4.63. The van der Waals surface area contributed by atoms with Gasteiger partial charge >= 0.3 is 0 Å². The highest BCUT2D eigenvalue weighted by Gasteiger charge is 2.34. The van der Waals surface area contributed by atoms with Crippen molar-refractivity contribution in [1.82, 2.24) is 25.5 Å². The monoisotopic (exact) mass is 353 g/mol. The van der Waals surface area contributed by atoms with Crippen LogP contribution in [0.2, 0.25) is 0 Å². The molecule has 0 radical (unpaired) electrons. The minimum absolute atomic E-state index is 0.0374. The minimum Gasteiger partial charge on any atom is -0.387 e. The van der Waals surface area contributed by atoms with E-state index in [1.165, 1.54) is 0 Å². The fraction of sp³-hybridized carbons (Fsp3) is 0.333. The topological polar surface area (TPSA) is 106 Å². The number of nitrogens with one attached hydrogen (secondary N) is 1. The van der Waals surface area contributed by atoms with Gasteiger partial charge in [0, 0.05) is 17.7 Å². The maximum atomic E-state index is 12.4. The second-order valence-electron chi connectivity index (χ2n) is 6.52. The molecule has 1 aromatic carbocycles. The highest BCUT2D eigenvalue weighted by molar-refractivity contribution is 5.93. The van der Waals surface area contributed by atoms with Gasteiger partial charge in [-0.25, -0.2) is 4.68 Å². The van der Waals surface area contributed by atoms with Crippen molar-refractivity contribution in [3.63, 3.8) is 0 Å². The van der Waals surface area contributed by atoms with E-state index in [9.17, 15) is 9.90 Å². The minimum atomic E-state index is -0.620. The van der Waals surface area contributed by atoms with Crippen molar-refractivity contribution in [2.24, 2.45) is 0 Å². The summed E-state index contributed by atoms with van der Waals surface area (Å²) in [7, 11) is 0. The van der Waals surface area contributed by atoms with Crippen LogP contribution in [0.15, 0.2) is 47.1 Å². The highest BCUT2D eigenvalue weighted by atomic mass is 16.5. The van der Waals surface area contributed by atoms with E-state index >= 15 is 0 Å². The van der Waals surface area contributed by atoms with Gasteiger partial charge in [-0.1, -0.05) is 40.7 Å². The smallest absolute Gasteiger partial charge is 0.273 e. The highest BCUT2D eigenvalue weighted by Crippen LogP contribution is 2.33. The van der Waals surface area contributed by atoms with Gasteiger partial charge < -0.3 is 14.9 Å². The zero-order valence-electron chi connectivity index (χ0n) is 14.2. The van der Waals surface area contributed by atoms with Crippen molar-refractivity contribution in [1.29, 1.82) is 0 Å². The maximum absolute atomic E-state index is 12.4. The van der Waals surface area contributed by atoms with E-state index in [0.29, 0.717) is 11.5 Å². The molecule has 26 heavy (non-hydrogen) atoms. The third kappa shape index (κ3) is 3.11. The number of carbonyl (C=O) groups is 1. The molecule has 0 aliphatic heterocycles. The number of aliphatic hydroxyl groups excluding tert-OH is 1. The van der Waals surface area contributed by atoms with Crippen molar-refractivity contribution < 1.29 is 14.4 Å². The zero-order chi connectivity index (χ0) is 18.1. The molecule has 1 aliphatic carbocycles. The summed E-state index contributed by atoms with van der Waals surface area (Å²) in [4.78, 5) is 12.4. The number of nitrogens with zero attached hydrogens (tertiary/aromatic N) is 4. The Balaban J connectivity index is 1.36. The van der Waals surface area contributed by atoms with Gasteiger partial charge in [-0.3, -0.25) is 4.79 Å². The summed E-state index contributed by atoms with van der Waals surface area (Å²) in [6.07, 6.45) is 2.42. The molecule has 1 atom stereocenters. The fourth-order valence-electron chi connectivity index (χ4n) is 3.12. The van der Waals surface area contributed by atoms with Crippen LogP contribution in [0.5, 0.6) is 0 Å². The van der Waals surface area contributed by atoms with Gasteiger partial charge in [0.05, 0.1) is 24.0 Å². The lowest BCUT2D eigenvalue weighted by atomic mass is 9.86. The maximum Gasteiger partial charge on any atom is 0.273 e. The van der Waals surface area contributed by atoms with Crippen molar-refractivity contribution >= 4 is 5.91 Å². The molecule has 0 spiro atoms. The first kappa shape index (κ1) is 16.5. The number of hydrogen-bond acceptors (Lipinski definition) is 6. The molecule has 4 rings (SSSR count). The largest absolute Gasteiger partial charge is 0.387 e. The first-order chi connectivity index (χ1) is 12.6. The lowest BCUT2D eigenvalue weighted by Gasteiger charge is -2.36. The van der Waals surface area contributed by atoms with Crippen molar-refractivity contribution in [3.05, 3.63) is 54.0 Å². The van der Waals surface area contributed by atoms with Crippen LogP contribution in [-0.2, 0) is 0 Å². The van der Waals surface area contributed by atoms with Crippen LogP contribution in [0.3, 0.4) is 0 Å². The molecular formula is C18H19N5O3. The molecule has 1 amide bonds. The molecule has 134 valence electrons. The van der Waals surface area contributed by atoms with E-state index in [0.717, 1.165) is 18.4 Å². The number of carbonyl (C=O) groups excluding carboxylic acids is 1. The van der Waals surface area contributed by atoms with Gasteiger partial charge in [-0.2, -0.15) is 0 Å². The van der Waals surface area contributed by atoms with Crippen LogP contribution in [0.4, 0.5) is 0 Å². The Morgan fingerprint density at radius 3 is 2.85 bits per heavy atom. The molecule has 0 unspecified atom stereocenters. The lowest BCUT2D eigenvalue weighted by Crippen LogP contribution is -2.45. The Morgan fingerprint density at radius 2 is 2.12 bits per heavy atom. The van der Waals surface area contributed by atoms with E-state index in [1.807, 2.05) is 30.3 Å². The quantitative estimate of drug-likeness (QED) is 0.728. The second kappa shape index (κ2) is 6.72. The molecule has 1 fully saturated rings. The zero-order valence-corrected chi connectivity index (χ0v) is 14.2. The molecule has 2 heterocycles. The Labute approximate surface area is 149 Å². The SMILES string of the molecule is C[C@H](O)c1cnnn1[C@H]1C[C@@H](NC(=O)c2cc(-c3ccccc3)on2)C1. The number of amides is 1. The van der Waals surface area contributed by atoms with Crippen molar-refractivity contribution in [3.8, 4) is 11.3 Å². The molecule has 8 heteroatoms. The van der Waals surface area contributed by atoms with Crippen LogP contribution in [-0.4, -0.2) is 37.2 Å². The first-order valence-corrected chi connectivity index (χ1v) is 8.53. The standard InChI is InChI=1S/C18H19N5O3/c1-11(24)16-10-19-22-23(16)14-7-13(8-14)20-18(25)15-9-17(26-21-15)12-5-3-2-4-6-12/h2-6,9-11,13-14,24H,7-8H2,1H3,(H,20,25)/t11-,13-,14+/m0/s1. The van der Waals surface area contributed by atoms with Gasteiger partial charge in [0.1, 0.15) is 0 Å². The van der Waals surface area contributed by atoms with Crippen molar-refractivity contribution in [2.75, 3.05) is 0 Å². The molecule has 1 aliphatic rings. The molecule has 0 saturated heterocycles. The fourth-order valence-corrected chi connectivity index (χ4v) is 3.12. The first-order valence-electron chi connectivity index (χ1n) is 8.53. The molecule has 1 saturated carbocycles. The van der Waals surface area contributed by atoms with Gasteiger partial charge in [0.2, 0.25) is 0 Å². The average Bonchev–Trinajstić information content (AvgIpc) is 3.27. The van der Waals surface area contributed by atoms with Crippen LogP contribution >= 0.6 is 0 Å². The average molecular weight is 353 g/mol. The Bertz CT molecular complexity index is 896. The van der Waals surface area contributed by atoms with E-state index < -0.39 is 6.10 Å². The normalized spacial score (nSPS) is 20.4. The van der Waals surface area contributed by atoms with Crippen LogP contribution in [0.1, 0.15) is 48.1 Å². The van der Waals surface area contributed by atoms with Gasteiger partial charge in [0.15, 0.2) is 11.5 Å². The predicted octanol–water partition coefficient (Wildman–Crippen LogP) is 2.12. The summed E-state index contributed by atoms with van der Waals surface area (Å²) in [6.45, 7) is 1.68.